The second kappa shape index (κ2) is 8.55. The van der Waals surface area contributed by atoms with Gasteiger partial charge in [-0.15, -0.1) is 0 Å². The maximum atomic E-state index is 13.0. The van der Waals surface area contributed by atoms with E-state index in [1.165, 1.54) is 28.8 Å². The summed E-state index contributed by atoms with van der Waals surface area (Å²) in [7, 11) is -3.75. The Bertz CT molecular complexity index is 1140. The van der Waals surface area contributed by atoms with Gasteiger partial charge in [0.05, 0.1) is 10.7 Å². The number of aromatic nitrogens is 3. The van der Waals surface area contributed by atoms with Gasteiger partial charge in [-0.1, -0.05) is 18.0 Å². The molecule has 1 aliphatic heterocycles. The second-order valence-corrected chi connectivity index (χ2v) is 9.26. The minimum atomic E-state index is -3.75. The third-order valence-corrected chi connectivity index (χ3v) is 7.31. The molecule has 0 unspecified atom stereocenters. The number of carbonyl (C=O) groups excluding carboxylic acids is 1. The lowest BCUT2D eigenvalue weighted by atomic mass is 10.2. The van der Waals surface area contributed by atoms with E-state index in [0.29, 0.717) is 18.8 Å². The van der Waals surface area contributed by atoms with Crippen molar-refractivity contribution >= 4 is 33.2 Å². The zero-order chi connectivity index (χ0) is 21.1. The highest BCUT2D eigenvalue weighted by Crippen LogP contribution is 2.28. The first-order chi connectivity index (χ1) is 14.4. The molecule has 8 nitrogen and oxygen atoms in total. The molecule has 0 spiro atoms. The zero-order valence-corrected chi connectivity index (χ0v) is 17.6. The van der Waals surface area contributed by atoms with Crippen molar-refractivity contribution in [2.24, 2.45) is 0 Å². The SMILES string of the molecule is O=C(Nc1ccc(-n2cncn2)cc1)c1ccc(Cl)c(S(=O)(=O)N2CCCCC2)c1. The number of hydrogen-bond donors (Lipinski definition) is 1. The second-order valence-electron chi connectivity index (χ2n) is 6.95. The molecule has 0 saturated carbocycles. The molecule has 1 aliphatic rings. The molecule has 4 rings (SSSR count). The van der Waals surface area contributed by atoms with Gasteiger partial charge in [0, 0.05) is 24.3 Å². The van der Waals surface area contributed by atoms with Crippen molar-refractivity contribution < 1.29 is 13.2 Å². The molecular formula is C20H20ClN5O3S. The number of piperidine rings is 1. The topological polar surface area (TPSA) is 97.2 Å². The fourth-order valence-corrected chi connectivity index (χ4v) is 5.35. The molecule has 2 aromatic carbocycles. The van der Waals surface area contributed by atoms with Crippen LogP contribution in [0.5, 0.6) is 0 Å². The molecule has 0 bridgehead atoms. The summed E-state index contributed by atoms with van der Waals surface area (Å²) in [4.78, 5) is 16.6. The summed E-state index contributed by atoms with van der Waals surface area (Å²) >= 11 is 6.18. The molecule has 2 heterocycles. The minimum absolute atomic E-state index is 0.0414. The Labute approximate surface area is 179 Å². The third kappa shape index (κ3) is 4.23. The maximum absolute atomic E-state index is 13.0. The van der Waals surface area contributed by atoms with Crippen molar-refractivity contribution in [2.75, 3.05) is 18.4 Å². The van der Waals surface area contributed by atoms with Crippen molar-refractivity contribution in [1.29, 1.82) is 0 Å². The Morgan fingerprint density at radius 2 is 1.77 bits per heavy atom. The van der Waals surface area contributed by atoms with Gasteiger partial charge in [-0.3, -0.25) is 4.79 Å². The van der Waals surface area contributed by atoms with Crippen molar-refractivity contribution in [3.05, 3.63) is 65.7 Å². The number of halogens is 1. The predicted octanol–water partition coefficient (Wildman–Crippen LogP) is 3.35. The van der Waals surface area contributed by atoms with E-state index in [1.807, 2.05) is 0 Å². The Balaban J connectivity index is 1.54. The van der Waals surface area contributed by atoms with Gasteiger partial charge in [0.2, 0.25) is 10.0 Å². The molecule has 156 valence electrons. The molecule has 10 heteroatoms. The van der Waals surface area contributed by atoms with Crippen LogP contribution in [0.25, 0.3) is 5.69 Å². The van der Waals surface area contributed by atoms with Crippen LogP contribution in [0.1, 0.15) is 29.6 Å². The Morgan fingerprint density at radius 1 is 1.03 bits per heavy atom. The van der Waals surface area contributed by atoms with Gasteiger partial charge < -0.3 is 5.32 Å². The first-order valence-electron chi connectivity index (χ1n) is 9.51. The highest BCUT2D eigenvalue weighted by molar-refractivity contribution is 7.89. The first-order valence-corrected chi connectivity index (χ1v) is 11.3. The number of nitrogens with one attached hydrogen (secondary N) is 1. The normalized spacial score (nSPS) is 15.1. The fourth-order valence-electron chi connectivity index (χ4n) is 3.33. The molecule has 1 fully saturated rings. The Kier molecular flexibility index (Phi) is 5.85. The standard InChI is InChI=1S/C20H20ClN5O3S/c21-18-9-4-15(12-19(18)30(28,29)25-10-2-1-3-11-25)20(27)24-16-5-7-17(8-6-16)26-14-22-13-23-26/h4-9,12-14H,1-3,10-11H2,(H,24,27). The van der Waals surface area contributed by atoms with Crippen molar-refractivity contribution in [1.82, 2.24) is 19.1 Å². The largest absolute Gasteiger partial charge is 0.322 e. The molecule has 1 aromatic heterocycles. The van der Waals surface area contributed by atoms with Gasteiger partial charge in [-0.2, -0.15) is 9.40 Å². The van der Waals surface area contributed by atoms with Crippen molar-refractivity contribution in [2.45, 2.75) is 24.2 Å². The molecular weight excluding hydrogens is 426 g/mol. The molecule has 1 N–H and O–H groups in total. The maximum Gasteiger partial charge on any atom is 0.255 e. The summed E-state index contributed by atoms with van der Waals surface area (Å²) in [5, 5.41) is 6.93. The smallest absolute Gasteiger partial charge is 0.255 e. The van der Waals surface area contributed by atoms with Crippen molar-refractivity contribution in [3.63, 3.8) is 0 Å². The average molecular weight is 446 g/mol. The first kappa shape index (κ1) is 20.5. The molecule has 30 heavy (non-hydrogen) atoms. The van der Waals surface area contributed by atoms with Gasteiger partial charge in [-0.25, -0.2) is 18.1 Å². The number of benzene rings is 2. The predicted molar refractivity (Wildman–Crippen MR) is 113 cm³/mol. The summed E-state index contributed by atoms with van der Waals surface area (Å²) in [5.41, 5.74) is 1.58. The van der Waals surface area contributed by atoms with E-state index in [-0.39, 0.29) is 15.5 Å². The van der Waals surface area contributed by atoms with E-state index in [2.05, 4.69) is 15.4 Å². The van der Waals surface area contributed by atoms with Gasteiger partial charge in [0.25, 0.3) is 5.91 Å². The van der Waals surface area contributed by atoms with E-state index in [4.69, 9.17) is 11.6 Å². The van der Waals surface area contributed by atoms with Crippen LogP contribution in [0.2, 0.25) is 5.02 Å². The van der Waals surface area contributed by atoms with E-state index < -0.39 is 15.9 Å². The number of hydrogen-bond acceptors (Lipinski definition) is 5. The summed E-state index contributed by atoms with van der Waals surface area (Å²) in [5.74, 6) is -0.421. The zero-order valence-electron chi connectivity index (χ0n) is 16.0. The van der Waals surface area contributed by atoms with Gasteiger partial charge in [0.15, 0.2) is 0 Å². The molecule has 1 amide bonds. The van der Waals surface area contributed by atoms with Crippen molar-refractivity contribution in [3.8, 4) is 5.69 Å². The van der Waals surface area contributed by atoms with Crippen LogP contribution in [0.3, 0.4) is 0 Å². The summed E-state index contributed by atoms with van der Waals surface area (Å²) in [6.07, 6.45) is 5.67. The lowest BCUT2D eigenvalue weighted by molar-refractivity contribution is 0.102. The number of carbonyl (C=O) groups is 1. The van der Waals surface area contributed by atoms with Crippen LogP contribution in [0, 0.1) is 0 Å². The lowest BCUT2D eigenvalue weighted by Crippen LogP contribution is -2.35. The summed E-state index contributed by atoms with van der Waals surface area (Å²) in [6.45, 7) is 0.931. The van der Waals surface area contributed by atoms with Gasteiger partial charge in [-0.05, 0) is 55.3 Å². The van der Waals surface area contributed by atoms with E-state index in [9.17, 15) is 13.2 Å². The number of sulfonamides is 1. The quantitative estimate of drug-likeness (QED) is 0.649. The molecule has 3 aromatic rings. The summed E-state index contributed by atoms with van der Waals surface area (Å²) in [6, 6.07) is 11.3. The highest BCUT2D eigenvalue weighted by atomic mass is 35.5. The lowest BCUT2D eigenvalue weighted by Gasteiger charge is -2.26. The minimum Gasteiger partial charge on any atom is -0.322 e. The van der Waals surface area contributed by atoms with E-state index >= 15 is 0 Å². The monoisotopic (exact) mass is 445 g/mol. The third-order valence-electron chi connectivity index (χ3n) is 4.93. The summed E-state index contributed by atoms with van der Waals surface area (Å²) < 4.78 is 29.0. The van der Waals surface area contributed by atoms with Gasteiger partial charge in [0.1, 0.15) is 17.6 Å². The van der Waals surface area contributed by atoms with Crippen LogP contribution < -0.4 is 5.32 Å². The Morgan fingerprint density at radius 3 is 2.43 bits per heavy atom. The number of amides is 1. The van der Waals surface area contributed by atoms with E-state index in [1.54, 1.807) is 35.3 Å². The van der Waals surface area contributed by atoms with Crippen LogP contribution in [0.4, 0.5) is 5.69 Å². The van der Waals surface area contributed by atoms with Crippen LogP contribution in [-0.4, -0.2) is 46.5 Å². The van der Waals surface area contributed by atoms with Crippen LogP contribution >= 0.6 is 11.6 Å². The van der Waals surface area contributed by atoms with E-state index in [0.717, 1.165) is 24.9 Å². The molecule has 0 aliphatic carbocycles. The highest BCUT2D eigenvalue weighted by Gasteiger charge is 2.28. The van der Waals surface area contributed by atoms with Gasteiger partial charge >= 0.3 is 0 Å². The Hall–Kier alpha value is -2.75. The average Bonchev–Trinajstić information content (AvgIpc) is 3.30. The number of anilines is 1. The van der Waals surface area contributed by atoms with Crippen LogP contribution in [-0.2, 0) is 10.0 Å². The molecule has 0 radical (unpaired) electrons. The number of rotatable bonds is 5. The number of nitrogens with zero attached hydrogens (tertiary/aromatic N) is 4. The fraction of sp³-hybridized carbons (Fsp3) is 0.250. The molecule has 0 atom stereocenters. The van der Waals surface area contributed by atoms with Crippen LogP contribution in [0.15, 0.2) is 60.0 Å². The molecule has 1 saturated heterocycles.